The summed E-state index contributed by atoms with van der Waals surface area (Å²) in [5.41, 5.74) is 4.43. The van der Waals surface area contributed by atoms with E-state index < -0.39 is 16.1 Å². The minimum Gasteiger partial charge on any atom is -0.444 e. The number of carbonyl (C=O) groups excluding carboxylic acids is 1. The molecule has 1 amide bonds. The van der Waals surface area contributed by atoms with Crippen molar-refractivity contribution in [2.24, 2.45) is 0 Å². The molecule has 0 aliphatic heterocycles. The van der Waals surface area contributed by atoms with Gasteiger partial charge in [0.25, 0.3) is 0 Å². The van der Waals surface area contributed by atoms with Crippen molar-refractivity contribution < 1.29 is 22.7 Å². The summed E-state index contributed by atoms with van der Waals surface area (Å²) in [7, 11) is -2.18. The van der Waals surface area contributed by atoms with Gasteiger partial charge in [0.1, 0.15) is 18.7 Å². The van der Waals surface area contributed by atoms with E-state index >= 15 is 0 Å². The third-order valence-corrected chi connectivity index (χ3v) is 7.96. The maximum atomic E-state index is 12.6. The number of imidazole rings is 1. The molecule has 0 atom stereocenters. The van der Waals surface area contributed by atoms with Gasteiger partial charge in [0.05, 0.1) is 28.9 Å². The molecule has 0 aliphatic carbocycles. The minimum atomic E-state index is -3.55. The van der Waals surface area contributed by atoms with Gasteiger partial charge in [0.2, 0.25) is 10.0 Å². The number of pyridine rings is 1. The molecule has 42 heavy (non-hydrogen) atoms. The summed E-state index contributed by atoms with van der Waals surface area (Å²) in [6.07, 6.45) is 1.06. The number of para-hydroxylation sites is 1. The van der Waals surface area contributed by atoms with E-state index in [-0.39, 0.29) is 18.1 Å². The van der Waals surface area contributed by atoms with E-state index in [0.29, 0.717) is 35.6 Å². The van der Waals surface area contributed by atoms with E-state index in [1.807, 2.05) is 66.1 Å². The number of rotatable bonds is 9. The van der Waals surface area contributed by atoms with Crippen LogP contribution in [0, 0.1) is 18.8 Å². The molecule has 3 aromatic carbocycles. The first-order valence-electron chi connectivity index (χ1n) is 13.2. The lowest BCUT2D eigenvalue weighted by Crippen LogP contribution is -2.18. The molecule has 10 nitrogen and oxygen atoms in total. The average molecular weight is 584 g/mol. The third-order valence-electron chi connectivity index (χ3n) is 6.55. The number of ether oxygens (including phenoxy) is 2. The van der Waals surface area contributed by atoms with E-state index in [1.54, 1.807) is 24.5 Å². The molecule has 0 saturated carbocycles. The molecule has 11 heteroatoms. The molecule has 0 aliphatic rings. The zero-order valence-corrected chi connectivity index (χ0v) is 23.9. The van der Waals surface area contributed by atoms with Crippen molar-refractivity contribution in [1.82, 2.24) is 19.3 Å². The molecule has 0 fully saturated rings. The summed E-state index contributed by atoms with van der Waals surface area (Å²) in [6.45, 7) is 3.01. The number of hydrogen-bond donors (Lipinski definition) is 2. The van der Waals surface area contributed by atoms with E-state index in [2.05, 4.69) is 31.8 Å². The monoisotopic (exact) mass is 583 g/mol. The Morgan fingerprint density at radius 2 is 1.83 bits per heavy atom. The van der Waals surface area contributed by atoms with Gasteiger partial charge < -0.3 is 14.0 Å². The van der Waals surface area contributed by atoms with Gasteiger partial charge in [0.15, 0.2) is 5.82 Å². The first-order chi connectivity index (χ1) is 20.4. The highest BCUT2D eigenvalue weighted by molar-refractivity contribution is 7.89. The number of carbonyl (C=O) groups is 1. The van der Waals surface area contributed by atoms with Gasteiger partial charge in [-0.25, -0.2) is 27.9 Å². The van der Waals surface area contributed by atoms with Crippen LogP contribution in [0.25, 0.3) is 21.9 Å². The predicted molar refractivity (Wildman–Crippen MR) is 160 cm³/mol. The number of aryl methyl sites for hydroxylation is 1. The molecule has 0 saturated heterocycles. The largest absolute Gasteiger partial charge is 0.444 e. The Bertz CT molecular complexity index is 1910. The SMILES string of the molecule is CNS(=O)(=O)c1ccc(C)c(C#CCOCCn2cnc3c(NC(=O)OCc4ccccc4)nc4ccccc4c32)c1. The van der Waals surface area contributed by atoms with Crippen LogP contribution in [0.5, 0.6) is 0 Å². The number of anilines is 1. The number of hydrogen-bond acceptors (Lipinski definition) is 7. The van der Waals surface area contributed by atoms with Crippen LogP contribution < -0.4 is 10.0 Å². The lowest BCUT2D eigenvalue weighted by atomic mass is 10.1. The van der Waals surface area contributed by atoms with Crippen LogP contribution in [0.3, 0.4) is 0 Å². The molecule has 2 aromatic heterocycles. The lowest BCUT2D eigenvalue weighted by molar-refractivity contribution is 0.155. The van der Waals surface area contributed by atoms with Gasteiger partial charge in [-0.15, -0.1) is 0 Å². The molecule has 5 rings (SSSR count). The van der Waals surface area contributed by atoms with Crippen molar-refractivity contribution in [2.45, 2.75) is 25.0 Å². The van der Waals surface area contributed by atoms with Crippen LogP contribution >= 0.6 is 0 Å². The van der Waals surface area contributed by atoms with Crippen LogP contribution in [0.15, 0.2) is 84.0 Å². The van der Waals surface area contributed by atoms with Crippen molar-refractivity contribution in [2.75, 3.05) is 25.6 Å². The summed E-state index contributed by atoms with van der Waals surface area (Å²) in [5, 5.41) is 3.63. The second-order valence-electron chi connectivity index (χ2n) is 9.34. The molecule has 2 N–H and O–H groups in total. The fourth-order valence-corrected chi connectivity index (χ4v) is 5.09. The summed E-state index contributed by atoms with van der Waals surface area (Å²) >= 11 is 0. The molecular weight excluding hydrogens is 554 g/mol. The first kappa shape index (κ1) is 28.8. The van der Waals surface area contributed by atoms with Crippen molar-refractivity contribution in [3.8, 4) is 11.8 Å². The van der Waals surface area contributed by atoms with Crippen LogP contribution in [0.2, 0.25) is 0 Å². The molecule has 2 heterocycles. The van der Waals surface area contributed by atoms with E-state index in [4.69, 9.17) is 9.47 Å². The summed E-state index contributed by atoms with van der Waals surface area (Å²) in [6, 6.07) is 21.9. The lowest BCUT2D eigenvalue weighted by Gasteiger charge is -2.10. The quantitative estimate of drug-likeness (QED) is 0.192. The zero-order chi connectivity index (χ0) is 29.5. The van der Waals surface area contributed by atoms with Gasteiger partial charge in [-0.05, 0) is 43.3 Å². The molecule has 0 unspecified atom stereocenters. The topological polar surface area (TPSA) is 124 Å². The number of nitrogens with one attached hydrogen (secondary N) is 2. The smallest absolute Gasteiger partial charge is 0.413 e. The van der Waals surface area contributed by atoms with Gasteiger partial charge in [0, 0.05) is 17.5 Å². The fourth-order valence-electron chi connectivity index (χ4n) is 4.33. The van der Waals surface area contributed by atoms with Crippen LogP contribution in [0.4, 0.5) is 10.6 Å². The first-order valence-corrected chi connectivity index (χ1v) is 14.7. The number of fused-ring (bicyclic) bond motifs is 3. The number of sulfonamides is 1. The third kappa shape index (κ3) is 6.58. The van der Waals surface area contributed by atoms with Crippen LogP contribution in [-0.4, -0.2) is 49.3 Å². The number of aromatic nitrogens is 3. The highest BCUT2D eigenvalue weighted by Gasteiger charge is 2.17. The maximum absolute atomic E-state index is 12.6. The summed E-state index contributed by atoms with van der Waals surface area (Å²) < 4.78 is 39.6. The van der Waals surface area contributed by atoms with E-state index in [0.717, 1.165) is 22.0 Å². The Balaban J connectivity index is 1.27. The Morgan fingerprint density at radius 1 is 1.05 bits per heavy atom. The van der Waals surface area contributed by atoms with Crippen LogP contribution in [-0.2, 0) is 32.6 Å². The molecule has 0 radical (unpaired) electrons. The van der Waals surface area contributed by atoms with Gasteiger partial charge >= 0.3 is 6.09 Å². The Hall–Kier alpha value is -4.76. The van der Waals surface area contributed by atoms with Gasteiger partial charge in [-0.1, -0.05) is 66.4 Å². The minimum absolute atomic E-state index is 0.137. The fraction of sp³-hybridized carbons (Fsp3) is 0.194. The van der Waals surface area contributed by atoms with Crippen molar-refractivity contribution in [3.05, 3.63) is 95.8 Å². The highest BCUT2D eigenvalue weighted by Crippen LogP contribution is 2.28. The molecule has 0 spiro atoms. The second-order valence-corrected chi connectivity index (χ2v) is 11.2. The summed E-state index contributed by atoms with van der Waals surface area (Å²) in [4.78, 5) is 21.9. The number of benzene rings is 3. The number of nitrogens with zero attached hydrogens (tertiary/aromatic N) is 3. The molecule has 214 valence electrons. The molecular formula is C31H29N5O5S. The van der Waals surface area contributed by atoms with Crippen molar-refractivity contribution in [1.29, 1.82) is 0 Å². The Kier molecular flexibility index (Phi) is 8.78. The Morgan fingerprint density at radius 3 is 2.64 bits per heavy atom. The highest BCUT2D eigenvalue weighted by atomic mass is 32.2. The number of amides is 1. The van der Waals surface area contributed by atoms with Gasteiger partial charge in [-0.3, -0.25) is 5.32 Å². The predicted octanol–water partition coefficient (Wildman–Crippen LogP) is 4.62. The standard InChI is InChI=1S/C31H29N5O5S/c1-22-14-15-25(42(38,39)32-2)19-24(22)11-8-17-40-18-16-36-21-33-28-29(36)26-12-6-7-13-27(26)34-30(28)35-31(37)41-20-23-9-4-3-5-10-23/h3-7,9-10,12-15,19,21,32H,16-18,20H2,1-2H3,(H,34,35,37). The second kappa shape index (κ2) is 12.8. The van der Waals surface area contributed by atoms with Crippen molar-refractivity contribution in [3.63, 3.8) is 0 Å². The maximum Gasteiger partial charge on any atom is 0.413 e. The molecule has 0 bridgehead atoms. The van der Waals surface area contributed by atoms with Gasteiger partial charge in [-0.2, -0.15) is 0 Å². The van der Waals surface area contributed by atoms with Crippen molar-refractivity contribution >= 4 is 43.9 Å². The summed E-state index contributed by atoms with van der Waals surface area (Å²) in [5.74, 6) is 6.26. The normalized spacial score (nSPS) is 11.3. The Labute approximate surface area is 243 Å². The van der Waals surface area contributed by atoms with E-state index in [1.165, 1.54) is 7.05 Å². The van der Waals surface area contributed by atoms with E-state index in [9.17, 15) is 13.2 Å². The zero-order valence-electron chi connectivity index (χ0n) is 23.1. The molecule has 5 aromatic rings. The average Bonchev–Trinajstić information content (AvgIpc) is 3.44. The van der Waals surface area contributed by atoms with Crippen LogP contribution in [0.1, 0.15) is 16.7 Å².